The highest BCUT2D eigenvalue weighted by atomic mass is 32.1. The van der Waals surface area contributed by atoms with Gasteiger partial charge in [-0.3, -0.25) is 49.3 Å². The smallest absolute Gasteiger partial charge is 0.416 e. The van der Waals surface area contributed by atoms with Gasteiger partial charge in [0.15, 0.2) is 0 Å². The minimum absolute atomic E-state index is 0.0481. The third-order valence-corrected chi connectivity index (χ3v) is 13.9. The molecule has 3 fully saturated rings. The molecule has 21 heteroatoms. The van der Waals surface area contributed by atoms with Crippen molar-refractivity contribution in [1.29, 1.82) is 0 Å². The van der Waals surface area contributed by atoms with Crippen molar-refractivity contribution in [2.24, 2.45) is 17.8 Å². The van der Waals surface area contributed by atoms with Crippen molar-refractivity contribution < 1.29 is 64.8 Å². The molecule has 4 heterocycles. The number of aromatic nitrogens is 1. The second kappa shape index (κ2) is 30.2. The summed E-state index contributed by atoms with van der Waals surface area (Å²) in [5.41, 5.74) is 1.76. The van der Waals surface area contributed by atoms with Crippen molar-refractivity contribution in [3.05, 3.63) is 175 Å². The molecule has 424 valence electrons. The summed E-state index contributed by atoms with van der Waals surface area (Å²) in [7, 11) is 2.41. The number of methoxy groups -OCH3 is 2. The van der Waals surface area contributed by atoms with Crippen LogP contribution in [0.5, 0.6) is 0 Å². The molecule has 14 nitrogen and oxygen atoms in total. The van der Waals surface area contributed by atoms with Gasteiger partial charge in [0, 0.05) is 47.5 Å². The number of aryl methyl sites for hydroxylation is 1. The van der Waals surface area contributed by atoms with Crippen LogP contribution in [-0.4, -0.2) is 88.0 Å². The van der Waals surface area contributed by atoms with Crippen LogP contribution >= 0.6 is 12.2 Å². The lowest BCUT2D eigenvalue weighted by molar-refractivity contribution is -0.484. The molecule has 0 spiro atoms. The highest BCUT2D eigenvalue weighted by Crippen LogP contribution is 2.46. The van der Waals surface area contributed by atoms with Gasteiger partial charge >= 0.3 is 24.3 Å². The van der Waals surface area contributed by atoms with E-state index < -0.39 is 69.4 Å². The molecule has 4 aromatic carbocycles. The lowest BCUT2D eigenvalue weighted by Crippen LogP contribution is -2.55. The first kappa shape index (κ1) is 64.3. The van der Waals surface area contributed by atoms with Crippen LogP contribution in [0.3, 0.4) is 0 Å². The summed E-state index contributed by atoms with van der Waals surface area (Å²) in [6.07, 6.45) is -0.983. The topological polar surface area (TPSA) is 189 Å². The second-order valence-corrected chi connectivity index (χ2v) is 19.9. The Morgan fingerprint density at radius 2 is 1.48 bits per heavy atom. The Labute approximate surface area is 459 Å². The lowest BCUT2D eigenvalue weighted by atomic mass is 9.69. The maximum absolute atomic E-state index is 13.5. The number of esters is 2. The fourth-order valence-electron chi connectivity index (χ4n) is 10.0. The average Bonchev–Trinajstić information content (AvgIpc) is 3.40. The van der Waals surface area contributed by atoms with Gasteiger partial charge in [-0.15, -0.1) is 0 Å². The van der Waals surface area contributed by atoms with Gasteiger partial charge in [0.25, 0.3) is 0 Å². The summed E-state index contributed by atoms with van der Waals surface area (Å²) in [5, 5.41) is 21.7. The first-order chi connectivity index (χ1) is 37.2. The Morgan fingerprint density at radius 3 is 1.97 bits per heavy atom. The third kappa shape index (κ3) is 20.2. The van der Waals surface area contributed by atoms with Crippen LogP contribution in [0.1, 0.15) is 110 Å². The van der Waals surface area contributed by atoms with Gasteiger partial charge in [-0.25, -0.2) is 0 Å². The molecule has 0 radical (unpaired) electrons. The fourth-order valence-corrected chi connectivity index (χ4v) is 10.4. The number of fused-ring (bicyclic) bond motifs is 4. The minimum Gasteiger partial charge on any atom is -0.469 e. The predicted molar refractivity (Wildman–Crippen MR) is 290 cm³/mol. The Kier molecular flexibility index (Phi) is 24.6. The van der Waals surface area contributed by atoms with Gasteiger partial charge in [-0.2, -0.15) is 26.3 Å². The average molecular weight is 1120 g/mol. The summed E-state index contributed by atoms with van der Waals surface area (Å²) >= 11 is 5.76. The number of Topliss-reactive ketones (excluding diaryl/α,β-unsaturated/α-hetero) is 2. The van der Waals surface area contributed by atoms with Crippen LogP contribution in [0.25, 0.3) is 17.0 Å². The summed E-state index contributed by atoms with van der Waals surface area (Å²) in [4.78, 5) is 70.8. The number of carbonyl (C=O) groups is 4. The Balaban J connectivity index is 0.000000289. The summed E-state index contributed by atoms with van der Waals surface area (Å²) in [6.45, 7) is 8.31. The molecular formula is C58H64F6N4O10S. The zero-order chi connectivity index (χ0) is 58.6. The van der Waals surface area contributed by atoms with Crippen molar-refractivity contribution >= 4 is 57.6 Å². The van der Waals surface area contributed by atoms with E-state index in [-0.39, 0.29) is 42.2 Å². The third-order valence-electron chi connectivity index (χ3n) is 13.6. The Bertz CT molecular complexity index is 2890. The molecule has 3 aliphatic rings. The number of nitrogens with zero attached hydrogens (tertiary/aromatic N) is 4. The van der Waals surface area contributed by atoms with E-state index in [1.165, 1.54) is 33.5 Å². The van der Waals surface area contributed by atoms with Crippen LogP contribution in [0.15, 0.2) is 116 Å². The van der Waals surface area contributed by atoms with E-state index in [1.54, 1.807) is 48.7 Å². The molecule has 6 unspecified atom stereocenters. The summed E-state index contributed by atoms with van der Waals surface area (Å²) in [5.74, 6) is -2.60. The number of hydrogen-bond acceptors (Lipinski definition) is 13. The van der Waals surface area contributed by atoms with Gasteiger partial charge in [-0.05, 0) is 128 Å². The normalized spacial score (nSPS) is 17.7. The SMILES string of the molecule is CCCC1CN2CCC1C[C@H]2C(CC(=S)Cc1cc(C(F)(F)F)cc(C(F)(F)F)c1)c1ccnc2ccc(C)cc12.COC(=O)C(C(C)=O)C(C[N+](=O)[O-])c1ccccc1.COC(=O)CC(C)=O.O=[N+]([O-])/C=C/c1ccccc1. The molecule has 3 aliphatic heterocycles. The molecule has 79 heavy (non-hydrogen) atoms. The number of rotatable bonds is 18. The minimum atomic E-state index is -4.89. The number of pyridine rings is 1. The Hall–Kier alpha value is -7.26. The van der Waals surface area contributed by atoms with Crippen molar-refractivity contribution in [3.8, 4) is 0 Å². The van der Waals surface area contributed by atoms with E-state index in [0.29, 0.717) is 28.7 Å². The van der Waals surface area contributed by atoms with Gasteiger partial charge in [0.2, 0.25) is 12.7 Å². The number of halogens is 6. The van der Waals surface area contributed by atoms with Crippen LogP contribution in [0, 0.1) is 44.9 Å². The number of nitro groups is 2. The zero-order valence-electron chi connectivity index (χ0n) is 44.6. The molecule has 5 aromatic rings. The quantitative estimate of drug-likeness (QED) is 0.0201. The molecule has 2 bridgehead atoms. The number of alkyl halides is 6. The molecule has 0 N–H and O–H groups in total. The molecule has 7 atom stereocenters. The molecule has 3 saturated heterocycles. The number of ketones is 2. The first-order valence-electron chi connectivity index (χ1n) is 25.3. The summed E-state index contributed by atoms with van der Waals surface area (Å²) < 4.78 is 89.7. The van der Waals surface area contributed by atoms with E-state index in [1.807, 2.05) is 43.3 Å². The van der Waals surface area contributed by atoms with Crippen LogP contribution in [-0.2, 0) is 47.4 Å². The van der Waals surface area contributed by atoms with Gasteiger partial charge in [0.1, 0.15) is 23.9 Å². The molecular weight excluding hydrogens is 1060 g/mol. The standard InChI is InChI=1S/C32H34F6N2S.C13H15NO5.C8H7NO2.C5H8O3/c1-3-4-22-18-40-10-8-21(22)15-30(40)28(26-7-9-39-29-6-5-19(2)11-27(26)29)17-25(41)14-20-12-23(31(33,34)35)16-24(13-20)32(36,37)38;1-9(15)12(13(16)19-2)11(8-14(17)18)10-6-4-3-5-7-10;10-9(11)7-6-8-4-2-1-3-5-8;1-4(6)3-5(7)8-2/h5-7,9,11-13,16,21-22,28,30H,3-4,8,10,14-15,17-18H2,1-2H3;3-7,11-12H,8H2,1-2H3;1-7H;3H2,1-2H3/b;;7-6+;/t21?,22?,28?,30-;;;/m0.../s1. The number of carbonyl (C=O) groups excluding carboxylic acids is 4. The second-order valence-electron chi connectivity index (χ2n) is 19.4. The Morgan fingerprint density at radius 1 is 0.861 bits per heavy atom. The highest BCUT2D eigenvalue weighted by Gasteiger charge is 2.44. The highest BCUT2D eigenvalue weighted by molar-refractivity contribution is 7.80. The number of thiocarbonyl (C=S) groups is 1. The van der Waals surface area contributed by atoms with Crippen LogP contribution in [0.2, 0.25) is 0 Å². The predicted octanol–water partition coefficient (Wildman–Crippen LogP) is 12.7. The number of ether oxygens (including phenoxy) is 2. The summed E-state index contributed by atoms with van der Waals surface area (Å²) in [6, 6.07) is 27.7. The lowest BCUT2D eigenvalue weighted by Gasteiger charge is -2.52. The number of hydrogen-bond donors (Lipinski definition) is 0. The zero-order valence-corrected chi connectivity index (χ0v) is 45.4. The van der Waals surface area contributed by atoms with Gasteiger partial charge < -0.3 is 9.47 Å². The molecule has 1 aromatic heterocycles. The fraction of sp³-hybridized carbons (Fsp3) is 0.414. The molecule has 8 rings (SSSR count). The van der Waals surface area contributed by atoms with Crippen LogP contribution < -0.4 is 0 Å². The van der Waals surface area contributed by atoms with Crippen molar-refractivity contribution in [1.82, 2.24) is 9.88 Å². The van der Waals surface area contributed by atoms with Crippen molar-refractivity contribution in [2.75, 3.05) is 33.9 Å². The van der Waals surface area contributed by atoms with Gasteiger partial charge in [0.05, 0.1) is 41.7 Å². The van der Waals surface area contributed by atoms with E-state index in [0.717, 1.165) is 85.4 Å². The molecule has 0 amide bonds. The number of piperidine rings is 3. The van der Waals surface area contributed by atoms with Gasteiger partial charge in [-0.1, -0.05) is 97.9 Å². The van der Waals surface area contributed by atoms with E-state index >= 15 is 0 Å². The van der Waals surface area contributed by atoms with Crippen LogP contribution in [0.4, 0.5) is 26.3 Å². The monoisotopic (exact) mass is 1120 g/mol. The number of benzene rings is 4. The largest absolute Gasteiger partial charge is 0.469 e. The molecule has 0 saturated carbocycles. The van der Waals surface area contributed by atoms with Crippen molar-refractivity contribution in [3.63, 3.8) is 0 Å². The van der Waals surface area contributed by atoms with Crippen molar-refractivity contribution in [2.45, 2.75) is 103 Å². The van der Waals surface area contributed by atoms with E-state index in [9.17, 15) is 65.7 Å². The molecule has 0 aliphatic carbocycles. The van der Waals surface area contributed by atoms with E-state index in [2.05, 4.69) is 32.3 Å². The maximum Gasteiger partial charge on any atom is 0.416 e. The van der Waals surface area contributed by atoms with E-state index in [4.69, 9.17) is 12.2 Å². The maximum atomic E-state index is 13.5. The first-order valence-corrected chi connectivity index (χ1v) is 25.7.